The van der Waals surface area contributed by atoms with Crippen molar-refractivity contribution in [2.45, 2.75) is 44.2 Å². The van der Waals surface area contributed by atoms with E-state index in [1.807, 2.05) is 28.9 Å². The van der Waals surface area contributed by atoms with Crippen LogP contribution in [0.1, 0.15) is 37.3 Å². The Morgan fingerprint density at radius 3 is 2.90 bits per heavy atom. The molecule has 2 aliphatic heterocycles. The molecule has 1 atom stereocenters. The van der Waals surface area contributed by atoms with Gasteiger partial charge >= 0.3 is 0 Å². The quantitative estimate of drug-likeness (QED) is 0.877. The van der Waals surface area contributed by atoms with E-state index in [-0.39, 0.29) is 11.9 Å². The molecule has 0 aromatic carbocycles. The summed E-state index contributed by atoms with van der Waals surface area (Å²) in [5.41, 5.74) is 6.74. The first-order valence-corrected chi connectivity index (χ1v) is 7.75. The normalized spacial score (nSPS) is 25.8. The number of piperidine rings is 1. The third-order valence-corrected chi connectivity index (χ3v) is 4.60. The zero-order valence-corrected chi connectivity index (χ0v) is 12.6. The van der Waals surface area contributed by atoms with Gasteiger partial charge in [-0.25, -0.2) is 0 Å². The summed E-state index contributed by atoms with van der Waals surface area (Å²) in [7, 11) is 0. The fourth-order valence-corrected chi connectivity index (χ4v) is 3.25. The molecule has 2 fully saturated rings. The minimum Gasteiger partial charge on any atom is -0.381 e. The van der Waals surface area contributed by atoms with Gasteiger partial charge in [-0.15, -0.1) is 0 Å². The van der Waals surface area contributed by atoms with E-state index in [2.05, 4.69) is 5.10 Å². The highest BCUT2D eigenvalue weighted by atomic mass is 16.5. The van der Waals surface area contributed by atoms with Crippen LogP contribution in [0, 0.1) is 6.92 Å². The molecule has 2 aliphatic rings. The summed E-state index contributed by atoms with van der Waals surface area (Å²) in [5, 5.41) is 4.39. The lowest BCUT2D eigenvalue weighted by atomic mass is 9.88. The van der Waals surface area contributed by atoms with Gasteiger partial charge in [-0.1, -0.05) is 0 Å². The molecular formula is C15H24N4O2. The molecular weight excluding hydrogens is 268 g/mol. The number of carbonyl (C=O) groups is 1. The average Bonchev–Trinajstić information content (AvgIpc) is 2.94. The zero-order chi connectivity index (χ0) is 14.9. The second-order valence-corrected chi connectivity index (χ2v) is 6.31. The van der Waals surface area contributed by atoms with Crippen LogP contribution in [-0.2, 0) is 9.53 Å². The SMILES string of the molecule is Cc1cnn(C2CCCN(C(=O)C3(N)CCOCC3)C2)c1. The molecule has 116 valence electrons. The Hall–Kier alpha value is -1.40. The second kappa shape index (κ2) is 5.77. The topological polar surface area (TPSA) is 73.4 Å². The highest BCUT2D eigenvalue weighted by Crippen LogP contribution is 2.26. The Balaban J connectivity index is 1.69. The van der Waals surface area contributed by atoms with Crippen molar-refractivity contribution >= 4 is 5.91 Å². The molecule has 1 aromatic rings. The maximum Gasteiger partial charge on any atom is 0.242 e. The predicted molar refractivity (Wildman–Crippen MR) is 78.8 cm³/mol. The summed E-state index contributed by atoms with van der Waals surface area (Å²) in [6, 6.07) is 0.264. The summed E-state index contributed by atoms with van der Waals surface area (Å²) in [4.78, 5) is 14.7. The van der Waals surface area contributed by atoms with Gasteiger partial charge in [0.05, 0.1) is 17.8 Å². The fourth-order valence-electron chi connectivity index (χ4n) is 3.25. The van der Waals surface area contributed by atoms with Gasteiger partial charge in [0.15, 0.2) is 0 Å². The molecule has 1 unspecified atom stereocenters. The molecule has 2 N–H and O–H groups in total. The smallest absolute Gasteiger partial charge is 0.242 e. The number of ether oxygens (including phenoxy) is 1. The highest BCUT2D eigenvalue weighted by molar-refractivity contribution is 5.86. The molecule has 3 heterocycles. The Kier molecular flexibility index (Phi) is 3.99. The predicted octanol–water partition coefficient (Wildman–Crippen LogP) is 0.863. The molecule has 0 saturated carbocycles. The largest absolute Gasteiger partial charge is 0.381 e. The van der Waals surface area contributed by atoms with Crippen molar-refractivity contribution in [2.75, 3.05) is 26.3 Å². The van der Waals surface area contributed by atoms with Crippen LogP contribution >= 0.6 is 0 Å². The average molecular weight is 292 g/mol. The van der Waals surface area contributed by atoms with E-state index >= 15 is 0 Å². The first-order valence-electron chi connectivity index (χ1n) is 7.75. The third-order valence-electron chi connectivity index (χ3n) is 4.60. The van der Waals surface area contributed by atoms with Gasteiger partial charge in [-0.2, -0.15) is 5.10 Å². The highest BCUT2D eigenvalue weighted by Gasteiger charge is 2.40. The van der Waals surface area contributed by atoms with E-state index in [0.29, 0.717) is 32.6 Å². The van der Waals surface area contributed by atoms with Crippen molar-refractivity contribution < 1.29 is 9.53 Å². The van der Waals surface area contributed by atoms with E-state index in [4.69, 9.17) is 10.5 Å². The van der Waals surface area contributed by atoms with Crippen LogP contribution < -0.4 is 5.73 Å². The molecule has 0 spiro atoms. The Labute approximate surface area is 125 Å². The van der Waals surface area contributed by atoms with Crippen LogP contribution in [0.15, 0.2) is 12.4 Å². The molecule has 6 heteroatoms. The van der Waals surface area contributed by atoms with Gasteiger partial charge in [-0.05, 0) is 38.2 Å². The van der Waals surface area contributed by atoms with Crippen LogP contribution in [0.5, 0.6) is 0 Å². The van der Waals surface area contributed by atoms with Crippen LogP contribution in [0.4, 0.5) is 0 Å². The number of aromatic nitrogens is 2. The fraction of sp³-hybridized carbons (Fsp3) is 0.733. The molecule has 2 saturated heterocycles. The Morgan fingerprint density at radius 1 is 1.48 bits per heavy atom. The summed E-state index contributed by atoms with van der Waals surface area (Å²) in [6.45, 7) is 4.71. The summed E-state index contributed by atoms with van der Waals surface area (Å²) in [6.07, 6.45) is 7.21. The first-order chi connectivity index (χ1) is 10.1. The number of hydrogen-bond donors (Lipinski definition) is 1. The van der Waals surface area contributed by atoms with Crippen molar-refractivity contribution in [3.63, 3.8) is 0 Å². The van der Waals surface area contributed by atoms with Crippen LogP contribution in [0.3, 0.4) is 0 Å². The summed E-state index contributed by atoms with van der Waals surface area (Å²) in [5.74, 6) is 0.0828. The van der Waals surface area contributed by atoms with Gasteiger partial charge in [-0.3, -0.25) is 9.48 Å². The Morgan fingerprint density at radius 2 is 2.24 bits per heavy atom. The van der Waals surface area contributed by atoms with Gasteiger partial charge in [0.25, 0.3) is 0 Å². The number of nitrogens with zero attached hydrogens (tertiary/aromatic N) is 3. The lowest BCUT2D eigenvalue weighted by Gasteiger charge is -2.40. The minimum absolute atomic E-state index is 0.0828. The molecule has 1 amide bonds. The molecule has 21 heavy (non-hydrogen) atoms. The monoisotopic (exact) mass is 292 g/mol. The molecule has 0 aliphatic carbocycles. The van der Waals surface area contributed by atoms with E-state index in [1.165, 1.54) is 0 Å². The molecule has 3 rings (SSSR count). The third kappa shape index (κ3) is 2.96. The number of carbonyl (C=O) groups excluding carboxylic acids is 1. The number of amides is 1. The van der Waals surface area contributed by atoms with Crippen LogP contribution in [-0.4, -0.2) is 52.4 Å². The number of likely N-dealkylation sites (tertiary alicyclic amines) is 1. The summed E-state index contributed by atoms with van der Waals surface area (Å²) < 4.78 is 7.32. The maximum atomic E-state index is 12.8. The van der Waals surface area contributed by atoms with Crippen molar-refractivity contribution in [3.8, 4) is 0 Å². The van der Waals surface area contributed by atoms with E-state index < -0.39 is 5.54 Å². The van der Waals surface area contributed by atoms with Gasteiger partial charge < -0.3 is 15.4 Å². The number of hydrogen-bond acceptors (Lipinski definition) is 4. The van der Waals surface area contributed by atoms with E-state index in [1.54, 1.807) is 0 Å². The van der Waals surface area contributed by atoms with Crippen molar-refractivity contribution in [2.24, 2.45) is 5.73 Å². The maximum absolute atomic E-state index is 12.8. The van der Waals surface area contributed by atoms with Crippen LogP contribution in [0.25, 0.3) is 0 Å². The van der Waals surface area contributed by atoms with Gasteiger partial charge in [0.2, 0.25) is 5.91 Å². The minimum atomic E-state index is -0.736. The number of nitrogens with two attached hydrogens (primary N) is 1. The Bertz CT molecular complexity index is 508. The van der Waals surface area contributed by atoms with E-state index in [9.17, 15) is 4.79 Å². The lowest BCUT2D eigenvalue weighted by Crippen LogP contribution is -2.59. The number of rotatable bonds is 2. The molecule has 1 aromatic heterocycles. The van der Waals surface area contributed by atoms with Crippen molar-refractivity contribution in [3.05, 3.63) is 18.0 Å². The van der Waals surface area contributed by atoms with Crippen molar-refractivity contribution in [1.29, 1.82) is 0 Å². The molecule has 6 nitrogen and oxygen atoms in total. The first kappa shape index (κ1) is 14.5. The second-order valence-electron chi connectivity index (χ2n) is 6.31. The zero-order valence-electron chi connectivity index (χ0n) is 12.6. The lowest BCUT2D eigenvalue weighted by molar-refractivity contribution is -0.142. The van der Waals surface area contributed by atoms with E-state index in [0.717, 1.165) is 24.9 Å². The standard InChI is InChI=1S/C15H24N4O2/c1-12-9-17-19(10-12)13-3-2-6-18(11-13)14(20)15(16)4-7-21-8-5-15/h9-10,13H,2-8,11,16H2,1H3. The van der Waals surface area contributed by atoms with Gasteiger partial charge in [0, 0.05) is 32.5 Å². The summed E-state index contributed by atoms with van der Waals surface area (Å²) >= 11 is 0. The number of aryl methyl sites for hydroxylation is 1. The van der Waals surface area contributed by atoms with Crippen LogP contribution in [0.2, 0.25) is 0 Å². The van der Waals surface area contributed by atoms with Crippen molar-refractivity contribution in [1.82, 2.24) is 14.7 Å². The molecule has 0 radical (unpaired) electrons. The molecule has 0 bridgehead atoms. The van der Waals surface area contributed by atoms with Gasteiger partial charge in [0.1, 0.15) is 0 Å².